The highest BCUT2D eigenvalue weighted by molar-refractivity contribution is 5.77. The van der Waals surface area contributed by atoms with Gasteiger partial charge in [0, 0.05) is 18.5 Å². The van der Waals surface area contributed by atoms with Crippen LogP contribution in [0.5, 0.6) is 0 Å². The Kier molecular flexibility index (Phi) is 3.72. The highest BCUT2D eigenvalue weighted by Gasteiger charge is 2.34. The van der Waals surface area contributed by atoms with Crippen molar-refractivity contribution in [1.82, 2.24) is 5.32 Å². The average molecular weight is 184 g/mol. The average Bonchev–Trinajstić information content (AvgIpc) is 2.02. The molecular formula is C10H20N2O. The molecule has 0 aromatic carbocycles. The summed E-state index contributed by atoms with van der Waals surface area (Å²) in [6.45, 7) is 2.91. The summed E-state index contributed by atoms with van der Waals surface area (Å²) in [6, 6.07) is 0. The molecule has 1 fully saturated rings. The molecular weight excluding hydrogens is 164 g/mol. The van der Waals surface area contributed by atoms with Crippen molar-refractivity contribution in [1.29, 1.82) is 0 Å². The zero-order valence-corrected chi connectivity index (χ0v) is 8.44. The van der Waals surface area contributed by atoms with Gasteiger partial charge < -0.3 is 11.1 Å². The normalized spacial score (nSPS) is 19.2. The number of amides is 1. The number of unbranched alkanes of at least 4 members (excludes halogenated alkanes) is 1. The summed E-state index contributed by atoms with van der Waals surface area (Å²) in [7, 11) is 0. The molecule has 76 valence electrons. The lowest BCUT2D eigenvalue weighted by Gasteiger charge is -2.37. The van der Waals surface area contributed by atoms with Crippen LogP contribution in [0.25, 0.3) is 0 Å². The van der Waals surface area contributed by atoms with Gasteiger partial charge in [0.2, 0.25) is 5.91 Å². The Hall–Kier alpha value is -0.570. The zero-order valence-electron chi connectivity index (χ0n) is 8.44. The quantitative estimate of drug-likeness (QED) is 0.630. The van der Waals surface area contributed by atoms with Crippen LogP contribution in [0.4, 0.5) is 0 Å². The molecule has 0 atom stereocenters. The first kappa shape index (κ1) is 10.5. The Morgan fingerprint density at radius 1 is 1.54 bits per heavy atom. The molecule has 0 aromatic heterocycles. The summed E-state index contributed by atoms with van der Waals surface area (Å²) in [5, 5.41) is 2.89. The summed E-state index contributed by atoms with van der Waals surface area (Å²) in [5.41, 5.74) is 5.78. The van der Waals surface area contributed by atoms with Gasteiger partial charge in [0.25, 0.3) is 0 Å². The lowest BCUT2D eigenvalue weighted by atomic mass is 9.75. The Bertz CT molecular complexity index is 176. The second-order valence-corrected chi connectivity index (χ2v) is 4.10. The minimum atomic E-state index is -0.170. The van der Waals surface area contributed by atoms with Crippen LogP contribution in [0.15, 0.2) is 0 Å². The SMILES string of the molecule is CCCCNC(=O)CC1(N)CCC1. The largest absolute Gasteiger partial charge is 0.356 e. The van der Waals surface area contributed by atoms with Gasteiger partial charge in [-0.2, -0.15) is 0 Å². The Morgan fingerprint density at radius 2 is 2.23 bits per heavy atom. The third kappa shape index (κ3) is 3.35. The van der Waals surface area contributed by atoms with Gasteiger partial charge in [-0.3, -0.25) is 4.79 Å². The Balaban J connectivity index is 2.10. The van der Waals surface area contributed by atoms with Crippen LogP contribution in [0, 0.1) is 0 Å². The van der Waals surface area contributed by atoms with Gasteiger partial charge in [-0.15, -0.1) is 0 Å². The highest BCUT2D eigenvalue weighted by Crippen LogP contribution is 2.31. The van der Waals surface area contributed by atoms with Gasteiger partial charge in [0.05, 0.1) is 0 Å². The second kappa shape index (κ2) is 4.61. The number of hydrogen-bond acceptors (Lipinski definition) is 2. The molecule has 3 nitrogen and oxygen atoms in total. The van der Waals surface area contributed by atoms with Crippen LogP contribution >= 0.6 is 0 Å². The van der Waals surface area contributed by atoms with Crippen molar-refractivity contribution in [3.05, 3.63) is 0 Å². The monoisotopic (exact) mass is 184 g/mol. The van der Waals surface area contributed by atoms with Crippen LogP contribution in [-0.2, 0) is 4.79 Å². The van der Waals surface area contributed by atoms with Crippen LogP contribution in [-0.4, -0.2) is 18.0 Å². The first-order valence-electron chi connectivity index (χ1n) is 5.22. The molecule has 1 rings (SSSR count). The Labute approximate surface area is 80.1 Å². The van der Waals surface area contributed by atoms with Crippen LogP contribution in [0.1, 0.15) is 45.4 Å². The van der Waals surface area contributed by atoms with Gasteiger partial charge in [-0.05, 0) is 25.7 Å². The first-order chi connectivity index (χ1) is 6.16. The van der Waals surface area contributed by atoms with E-state index in [1.807, 2.05) is 0 Å². The van der Waals surface area contributed by atoms with Gasteiger partial charge in [0.1, 0.15) is 0 Å². The minimum Gasteiger partial charge on any atom is -0.356 e. The third-order valence-corrected chi connectivity index (χ3v) is 2.71. The van der Waals surface area contributed by atoms with Gasteiger partial charge in [0.15, 0.2) is 0 Å². The van der Waals surface area contributed by atoms with Crippen molar-refractivity contribution in [3.63, 3.8) is 0 Å². The van der Waals surface area contributed by atoms with Crippen molar-refractivity contribution in [3.8, 4) is 0 Å². The van der Waals surface area contributed by atoms with Gasteiger partial charge in [-0.1, -0.05) is 13.3 Å². The first-order valence-corrected chi connectivity index (χ1v) is 5.22. The van der Waals surface area contributed by atoms with E-state index in [-0.39, 0.29) is 11.4 Å². The van der Waals surface area contributed by atoms with E-state index < -0.39 is 0 Å². The summed E-state index contributed by atoms with van der Waals surface area (Å²) in [5.74, 6) is 0.121. The number of nitrogens with one attached hydrogen (secondary N) is 1. The van der Waals surface area contributed by atoms with E-state index in [2.05, 4.69) is 12.2 Å². The van der Waals surface area contributed by atoms with E-state index in [1.165, 1.54) is 6.42 Å². The molecule has 0 spiro atoms. The molecule has 0 radical (unpaired) electrons. The number of carbonyl (C=O) groups excluding carboxylic acids is 1. The van der Waals surface area contributed by atoms with Crippen molar-refractivity contribution < 1.29 is 4.79 Å². The Morgan fingerprint density at radius 3 is 2.69 bits per heavy atom. The van der Waals surface area contributed by atoms with Crippen molar-refractivity contribution in [2.24, 2.45) is 5.73 Å². The second-order valence-electron chi connectivity index (χ2n) is 4.10. The van der Waals surface area contributed by atoms with E-state index in [4.69, 9.17) is 5.73 Å². The topological polar surface area (TPSA) is 55.1 Å². The van der Waals surface area contributed by atoms with E-state index in [0.29, 0.717) is 6.42 Å². The standard InChI is InChI=1S/C10H20N2O/c1-2-3-7-12-9(13)8-10(11)5-4-6-10/h2-8,11H2,1H3,(H,12,13). The number of carbonyl (C=O) groups is 1. The lowest BCUT2D eigenvalue weighted by Crippen LogP contribution is -2.50. The molecule has 0 aromatic rings. The lowest BCUT2D eigenvalue weighted by molar-refractivity contribution is -0.123. The molecule has 1 aliphatic carbocycles. The van der Waals surface area contributed by atoms with Crippen LogP contribution < -0.4 is 11.1 Å². The summed E-state index contributed by atoms with van der Waals surface area (Å²) >= 11 is 0. The fourth-order valence-electron chi connectivity index (χ4n) is 1.59. The molecule has 0 unspecified atom stereocenters. The molecule has 1 amide bonds. The van der Waals surface area contributed by atoms with Crippen LogP contribution in [0.3, 0.4) is 0 Å². The predicted molar refractivity (Wildman–Crippen MR) is 53.3 cm³/mol. The van der Waals surface area contributed by atoms with Crippen molar-refractivity contribution in [2.75, 3.05) is 6.54 Å². The molecule has 0 bridgehead atoms. The minimum absolute atomic E-state index is 0.121. The number of nitrogens with two attached hydrogens (primary N) is 1. The molecule has 0 aliphatic heterocycles. The molecule has 0 heterocycles. The highest BCUT2D eigenvalue weighted by atomic mass is 16.1. The summed E-state index contributed by atoms with van der Waals surface area (Å²) in [4.78, 5) is 11.3. The molecule has 3 heteroatoms. The fraction of sp³-hybridized carbons (Fsp3) is 0.900. The van der Waals surface area contributed by atoms with E-state index in [9.17, 15) is 4.79 Å². The summed E-state index contributed by atoms with van der Waals surface area (Å²) < 4.78 is 0. The maximum Gasteiger partial charge on any atom is 0.221 e. The molecule has 0 saturated heterocycles. The van der Waals surface area contributed by atoms with E-state index >= 15 is 0 Å². The van der Waals surface area contributed by atoms with Gasteiger partial charge in [-0.25, -0.2) is 0 Å². The smallest absolute Gasteiger partial charge is 0.221 e. The molecule has 3 N–H and O–H groups in total. The number of hydrogen-bond donors (Lipinski definition) is 2. The molecule has 13 heavy (non-hydrogen) atoms. The zero-order chi connectivity index (χ0) is 9.73. The third-order valence-electron chi connectivity index (χ3n) is 2.71. The predicted octanol–water partition coefficient (Wildman–Crippen LogP) is 1.17. The van der Waals surface area contributed by atoms with Crippen molar-refractivity contribution >= 4 is 5.91 Å². The van der Waals surface area contributed by atoms with Crippen molar-refractivity contribution in [2.45, 2.75) is 51.0 Å². The maximum atomic E-state index is 11.3. The fourth-order valence-corrected chi connectivity index (χ4v) is 1.59. The van der Waals surface area contributed by atoms with E-state index in [1.54, 1.807) is 0 Å². The molecule has 1 saturated carbocycles. The molecule has 1 aliphatic rings. The number of rotatable bonds is 5. The van der Waals surface area contributed by atoms with E-state index in [0.717, 1.165) is 32.2 Å². The summed E-state index contributed by atoms with van der Waals surface area (Å²) in [6.07, 6.45) is 5.88. The van der Waals surface area contributed by atoms with Crippen LogP contribution in [0.2, 0.25) is 0 Å². The maximum absolute atomic E-state index is 11.3. The van der Waals surface area contributed by atoms with Gasteiger partial charge >= 0.3 is 0 Å².